The summed E-state index contributed by atoms with van der Waals surface area (Å²) in [5.74, 6) is -2.85. The molecule has 3 N–H and O–H groups in total. The molecule has 1 amide bonds. The van der Waals surface area contributed by atoms with E-state index in [1.165, 1.54) is 24.4 Å². The summed E-state index contributed by atoms with van der Waals surface area (Å²) in [5.41, 5.74) is 1.48. The second-order valence-corrected chi connectivity index (χ2v) is 4.63. The van der Waals surface area contributed by atoms with Gasteiger partial charge in [-0.25, -0.2) is 9.37 Å². The van der Waals surface area contributed by atoms with Crippen molar-refractivity contribution in [1.29, 1.82) is 0 Å². The zero-order valence-electron chi connectivity index (χ0n) is 11.6. The van der Waals surface area contributed by atoms with Gasteiger partial charge in [0.05, 0.1) is 0 Å². The molecule has 0 fully saturated rings. The van der Waals surface area contributed by atoms with Crippen LogP contribution in [-0.4, -0.2) is 41.5 Å². The van der Waals surface area contributed by atoms with Gasteiger partial charge in [-0.3, -0.25) is 9.59 Å². The molecular formula is C14H12BFN2O4. The number of hydrogen-bond acceptors (Lipinski definition) is 4. The van der Waals surface area contributed by atoms with Crippen molar-refractivity contribution >= 4 is 25.2 Å². The number of nitrogens with one attached hydrogen (secondary N) is 1. The number of aromatic hydroxyl groups is 1. The van der Waals surface area contributed by atoms with E-state index in [0.717, 1.165) is 5.46 Å². The van der Waals surface area contributed by atoms with Gasteiger partial charge in [0.15, 0.2) is 5.69 Å². The maximum absolute atomic E-state index is 13.3. The highest BCUT2D eigenvalue weighted by molar-refractivity contribution is 6.35. The SMILES string of the molecule is Bc1ccc(F)cc1-c1cnc(C(=O)NCC(=O)O)c(O)c1. The average Bonchev–Trinajstić information content (AvgIpc) is 2.47. The van der Waals surface area contributed by atoms with Gasteiger partial charge >= 0.3 is 5.97 Å². The normalized spacial score (nSPS) is 10.2. The molecular weight excluding hydrogens is 290 g/mol. The lowest BCUT2D eigenvalue weighted by Crippen LogP contribution is -2.29. The molecule has 6 nitrogen and oxygen atoms in total. The topological polar surface area (TPSA) is 99.5 Å². The number of carboxylic acids is 1. The second-order valence-electron chi connectivity index (χ2n) is 4.63. The number of aromatic nitrogens is 1. The Labute approximate surface area is 126 Å². The molecule has 0 saturated carbocycles. The number of halogens is 1. The summed E-state index contributed by atoms with van der Waals surface area (Å²) in [7, 11) is 1.78. The largest absolute Gasteiger partial charge is 0.505 e. The number of benzene rings is 1. The van der Waals surface area contributed by atoms with Crippen molar-refractivity contribution in [2.24, 2.45) is 0 Å². The molecule has 0 unspecified atom stereocenters. The molecule has 0 atom stereocenters. The van der Waals surface area contributed by atoms with E-state index >= 15 is 0 Å². The van der Waals surface area contributed by atoms with Crippen molar-refractivity contribution in [3.8, 4) is 16.9 Å². The molecule has 112 valence electrons. The minimum Gasteiger partial charge on any atom is -0.505 e. The molecule has 2 aromatic rings. The first-order valence-corrected chi connectivity index (χ1v) is 6.34. The van der Waals surface area contributed by atoms with Crippen molar-refractivity contribution in [2.75, 3.05) is 6.54 Å². The predicted octanol–water partition coefficient (Wildman–Crippen LogP) is -0.334. The molecule has 0 aliphatic heterocycles. The molecule has 0 saturated heterocycles. The van der Waals surface area contributed by atoms with Gasteiger partial charge in [0, 0.05) is 11.8 Å². The van der Waals surface area contributed by atoms with Crippen LogP contribution in [0.2, 0.25) is 0 Å². The third-order valence-electron chi connectivity index (χ3n) is 2.99. The number of nitrogens with zero attached hydrogens (tertiary/aromatic N) is 1. The van der Waals surface area contributed by atoms with Gasteiger partial charge in [-0.15, -0.1) is 0 Å². The van der Waals surface area contributed by atoms with Gasteiger partial charge in [-0.2, -0.15) is 0 Å². The Kier molecular flexibility index (Phi) is 4.40. The Hall–Kier alpha value is -2.90. The first-order valence-electron chi connectivity index (χ1n) is 6.34. The maximum atomic E-state index is 13.3. The first kappa shape index (κ1) is 15.5. The monoisotopic (exact) mass is 302 g/mol. The van der Waals surface area contributed by atoms with Crippen molar-refractivity contribution in [1.82, 2.24) is 10.3 Å². The van der Waals surface area contributed by atoms with Crippen LogP contribution < -0.4 is 10.8 Å². The van der Waals surface area contributed by atoms with Crippen LogP contribution in [0.5, 0.6) is 5.75 Å². The number of carbonyl (C=O) groups is 2. The smallest absolute Gasteiger partial charge is 0.322 e. The molecule has 0 aliphatic rings. The van der Waals surface area contributed by atoms with E-state index in [0.29, 0.717) is 11.1 Å². The van der Waals surface area contributed by atoms with E-state index in [2.05, 4.69) is 10.3 Å². The minimum atomic E-state index is -1.21. The molecule has 0 spiro atoms. The minimum absolute atomic E-state index is 0.293. The van der Waals surface area contributed by atoms with Gasteiger partial charge in [0.25, 0.3) is 5.91 Å². The average molecular weight is 302 g/mol. The number of amides is 1. The summed E-state index contributed by atoms with van der Waals surface area (Å²) in [6, 6.07) is 5.50. The second kappa shape index (κ2) is 6.25. The molecule has 8 heteroatoms. The van der Waals surface area contributed by atoms with E-state index in [9.17, 15) is 19.1 Å². The van der Waals surface area contributed by atoms with E-state index in [-0.39, 0.29) is 5.69 Å². The van der Waals surface area contributed by atoms with E-state index in [1.807, 2.05) is 0 Å². The van der Waals surface area contributed by atoms with Gasteiger partial charge in [-0.05, 0) is 23.8 Å². The third-order valence-corrected chi connectivity index (χ3v) is 2.99. The van der Waals surface area contributed by atoms with Crippen LogP contribution >= 0.6 is 0 Å². The Morgan fingerprint density at radius 2 is 2.05 bits per heavy atom. The maximum Gasteiger partial charge on any atom is 0.322 e. The predicted molar refractivity (Wildman–Crippen MR) is 79.4 cm³/mol. The lowest BCUT2D eigenvalue weighted by Gasteiger charge is -2.09. The van der Waals surface area contributed by atoms with Gasteiger partial charge < -0.3 is 15.5 Å². The Bertz CT molecular complexity index is 752. The fourth-order valence-electron chi connectivity index (χ4n) is 1.92. The summed E-state index contributed by atoms with van der Waals surface area (Å²) in [6.45, 7) is -0.579. The van der Waals surface area contributed by atoms with Crippen LogP contribution in [0.1, 0.15) is 10.5 Å². The van der Waals surface area contributed by atoms with E-state index in [4.69, 9.17) is 5.11 Å². The highest BCUT2D eigenvalue weighted by Crippen LogP contribution is 2.24. The number of aliphatic carboxylic acids is 1. The summed E-state index contributed by atoms with van der Waals surface area (Å²) in [4.78, 5) is 25.9. The third kappa shape index (κ3) is 3.40. The molecule has 1 aromatic carbocycles. The van der Waals surface area contributed by atoms with Crippen LogP contribution in [0.3, 0.4) is 0 Å². The zero-order valence-corrected chi connectivity index (χ0v) is 11.6. The highest BCUT2D eigenvalue weighted by Gasteiger charge is 2.15. The molecule has 0 aliphatic carbocycles. The lowest BCUT2D eigenvalue weighted by molar-refractivity contribution is -0.135. The van der Waals surface area contributed by atoms with Gasteiger partial charge in [-0.1, -0.05) is 11.5 Å². The first-order chi connectivity index (χ1) is 10.4. The number of carbonyl (C=O) groups excluding carboxylic acids is 1. The van der Waals surface area contributed by atoms with Crippen molar-refractivity contribution in [2.45, 2.75) is 0 Å². The standard InChI is InChI=1S/C14H12BFN2O4/c15-10-2-1-8(16)4-9(10)7-3-11(19)13(17-5-7)14(22)18-6-12(20)21/h1-5,19H,6,15H2,(H,18,22)(H,20,21). The molecule has 1 aromatic heterocycles. The Balaban J connectivity index is 2.32. The molecule has 0 bridgehead atoms. The highest BCUT2D eigenvalue weighted by atomic mass is 19.1. The summed E-state index contributed by atoms with van der Waals surface area (Å²) >= 11 is 0. The van der Waals surface area contributed by atoms with Gasteiger partial charge in [0.2, 0.25) is 0 Å². The quantitative estimate of drug-likeness (QED) is 0.671. The van der Waals surface area contributed by atoms with Crippen LogP contribution in [0.15, 0.2) is 30.5 Å². The number of hydrogen-bond donors (Lipinski definition) is 3. The Morgan fingerprint density at radius 3 is 2.68 bits per heavy atom. The Morgan fingerprint density at radius 1 is 1.32 bits per heavy atom. The molecule has 1 heterocycles. The number of rotatable bonds is 4. The lowest BCUT2D eigenvalue weighted by atomic mass is 9.87. The summed E-state index contributed by atoms with van der Waals surface area (Å²) in [5, 5.41) is 20.5. The fourth-order valence-corrected chi connectivity index (χ4v) is 1.92. The van der Waals surface area contributed by atoms with Crippen molar-refractivity contribution in [3.63, 3.8) is 0 Å². The van der Waals surface area contributed by atoms with E-state index in [1.54, 1.807) is 13.9 Å². The summed E-state index contributed by atoms with van der Waals surface area (Å²) < 4.78 is 13.3. The summed E-state index contributed by atoms with van der Waals surface area (Å²) in [6.07, 6.45) is 1.32. The van der Waals surface area contributed by atoms with Crippen molar-refractivity contribution in [3.05, 3.63) is 42.0 Å². The van der Waals surface area contributed by atoms with Crippen molar-refractivity contribution < 1.29 is 24.2 Å². The molecule has 2 rings (SSSR count). The van der Waals surface area contributed by atoms with Crippen LogP contribution in [-0.2, 0) is 4.79 Å². The molecule has 22 heavy (non-hydrogen) atoms. The van der Waals surface area contributed by atoms with Crippen LogP contribution in [0.25, 0.3) is 11.1 Å². The van der Waals surface area contributed by atoms with Crippen LogP contribution in [0.4, 0.5) is 4.39 Å². The number of pyridine rings is 1. The molecule has 0 radical (unpaired) electrons. The fraction of sp³-hybridized carbons (Fsp3) is 0.0714. The van der Waals surface area contributed by atoms with E-state index < -0.39 is 30.0 Å². The van der Waals surface area contributed by atoms with Gasteiger partial charge in [0.1, 0.15) is 26.0 Å². The van der Waals surface area contributed by atoms with Crippen LogP contribution in [0, 0.1) is 5.82 Å². The number of carboxylic acid groups (broad SMARTS) is 1. The zero-order chi connectivity index (χ0) is 16.3.